The Morgan fingerprint density at radius 1 is 1.38 bits per heavy atom. The van der Waals surface area contributed by atoms with E-state index in [2.05, 4.69) is 38.3 Å². The molecular formula is C16H20. The summed E-state index contributed by atoms with van der Waals surface area (Å²) in [6.07, 6.45) is 14.6. The van der Waals surface area contributed by atoms with Gasteiger partial charge in [0.1, 0.15) is 0 Å². The van der Waals surface area contributed by atoms with Gasteiger partial charge in [-0.1, -0.05) is 55.2 Å². The molecule has 84 valence electrons. The molecular weight excluding hydrogens is 192 g/mol. The number of rotatable bonds is 4. The van der Waals surface area contributed by atoms with Crippen LogP contribution in [0.15, 0.2) is 71.9 Å². The van der Waals surface area contributed by atoms with Crippen molar-refractivity contribution >= 4 is 0 Å². The standard InChI is InChI=1S/C16H20/c1-5-9-14(10-6-2)16-12-8-11-13(4)15(16)7-3/h5-7,9-10,12H,1,3,8,11H2,2,4H3/b10-6-,14-9+. The van der Waals surface area contributed by atoms with Crippen molar-refractivity contribution in [1.29, 1.82) is 0 Å². The maximum Gasteiger partial charge on any atom is -0.0152 e. The molecule has 0 bridgehead atoms. The molecule has 0 heterocycles. The van der Waals surface area contributed by atoms with Crippen molar-refractivity contribution in [2.24, 2.45) is 0 Å². The fourth-order valence-electron chi connectivity index (χ4n) is 2.01. The summed E-state index contributed by atoms with van der Waals surface area (Å²) in [7, 11) is 0. The summed E-state index contributed by atoms with van der Waals surface area (Å²) in [4.78, 5) is 0. The number of hydrogen-bond donors (Lipinski definition) is 0. The van der Waals surface area contributed by atoms with Crippen molar-refractivity contribution < 1.29 is 0 Å². The van der Waals surface area contributed by atoms with Gasteiger partial charge in [-0.05, 0) is 43.4 Å². The Labute approximate surface area is 99.1 Å². The molecule has 16 heavy (non-hydrogen) atoms. The van der Waals surface area contributed by atoms with E-state index in [1.165, 1.54) is 22.3 Å². The zero-order chi connectivity index (χ0) is 12.0. The lowest BCUT2D eigenvalue weighted by atomic mass is 9.87. The molecule has 0 nitrogen and oxygen atoms in total. The van der Waals surface area contributed by atoms with Gasteiger partial charge in [-0.2, -0.15) is 0 Å². The van der Waals surface area contributed by atoms with Crippen LogP contribution in [0, 0.1) is 0 Å². The van der Waals surface area contributed by atoms with Crippen LogP contribution in [-0.4, -0.2) is 0 Å². The van der Waals surface area contributed by atoms with Crippen molar-refractivity contribution in [2.45, 2.75) is 26.7 Å². The Morgan fingerprint density at radius 2 is 2.12 bits per heavy atom. The molecule has 0 aromatic rings. The summed E-state index contributed by atoms with van der Waals surface area (Å²) in [5.74, 6) is 0. The molecule has 0 aromatic heterocycles. The Bertz CT molecular complexity index is 398. The summed E-state index contributed by atoms with van der Waals surface area (Å²) in [6.45, 7) is 11.9. The fourth-order valence-corrected chi connectivity index (χ4v) is 2.01. The van der Waals surface area contributed by atoms with Crippen molar-refractivity contribution in [2.75, 3.05) is 0 Å². The van der Waals surface area contributed by atoms with Gasteiger partial charge in [0.15, 0.2) is 0 Å². The molecule has 1 aliphatic carbocycles. The zero-order valence-electron chi connectivity index (χ0n) is 10.3. The van der Waals surface area contributed by atoms with Crippen molar-refractivity contribution in [1.82, 2.24) is 0 Å². The molecule has 1 aliphatic rings. The van der Waals surface area contributed by atoms with Gasteiger partial charge >= 0.3 is 0 Å². The van der Waals surface area contributed by atoms with Crippen LogP contribution in [-0.2, 0) is 0 Å². The predicted molar refractivity (Wildman–Crippen MR) is 73.3 cm³/mol. The molecule has 0 unspecified atom stereocenters. The zero-order valence-corrected chi connectivity index (χ0v) is 10.3. The molecule has 0 heteroatoms. The van der Waals surface area contributed by atoms with Gasteiger partial charge in [0.05, 0.1) is 0 Å². The molecule has 0 atom stereocenters. The van der Waals surface area contributed by atoms with Crippen LogP contribution < -0.4 is 0 Å². The molecule has 1 rings (SSSR count). The quantitative estimate of drug-likeness (QED) is 0.581. The first-order valence-electron chi connectivity index (χ1n) is 5.73. The lowest BCUT2D eigenvalue weighted by molar-refractivity contribution is 0.934. The highest BCUT2D eigenvalue weighted by Crippen LogP contribution is 2.31. The van der Waals surface area contributed by atoms with Crippen LogP contribution in [0.5, 0.6) is 0 Å². The third-order valence-corrected chi connectivity index (χ3v) is 2.78. The maximum atomic E-state index is 3.91. The first-order chi connectivity index (χ1) is 7.74. The molecule has 0 amide bonds. The van der Waals surface area contributed by atoms with E-state index in [9.17, 15) is 0 Å². The minimum absolute atomic E-state index is 1.12. The fraction of sp³-hybridized carbons (Fsp3) is 0.250. The summed E-state index contributed by atoms with van der Waals surface area (Å²) in [5, 5.41) is 0. The van der Waals surface area contributed by atoms with E-state index in [-0.39, 0.29) is 0 Å². The van der Waals surface area contributed by atoms with Crippen LogP contribution in [0.25, 0.3) is 0 Å². The Hall–Kier alpha value is -1.56. The van der Waals surface area contributed by atoms with Crippen molar-refractivity contribution in [3.63, 3.8) is 0 Å². The van der Waals surface area contributed by atoms with Crippen LogP contribution in [0.1, 0.15) is 26.7 Å². The van der Waals surface area contributed by atoms with Crippen LogP contribution in [0.3, 0.4) is 0 Å². The molecule has 0 saturated heterocycles. The van der Waals surface area contributed by atoms with Gasteiger partial charge in [0.25, 0.3) is 0 Å². The van der Waals surface area contributed by atoms with E-state index >= 15 is 0 Å². The SMILES string of the molecule is C=C/C=C(\C=C/C)C1=CCCC(C)=C1C=C. The first-order valence-corrected chi connectivity index (χ1v) is 5.73. The summed E-state index contributed by atoms with van der Waals surface area (Å²) < 4.78 is 0. The molecule has 0 aromatic carbocycles. The third kappa shape index (κ3) is 2.73. The average Bonchev–Trinajstić information content (AvgIpc) is 2.28. The highest BCUT2D eigenvalue weighted by molar-refractivity contribution is 5.58. The average molecular weight is 212 g/mol. The van der Waals surface area contributed by atoms with E-state index < -0.39 is 0 Å². The van der Waals surface area contributed by atoms with E-state index in [4.69, 9.17) is 0 Å². The summed E-state index contributed by atoms with van der Waals surface area (Å²) in [6, 6.07) is 0. The van der Waals surface area contributed by atoms with E-state index in [0.29, 0.717) is 0 Å². The molecule has 0 aliphatic heterocycles. The normalized spacial score (nSPS) is 17.6. The van der Waals surface area contributed by atoms with Gasteiger partial charge in [-0.3, -0.25) is 0 Å². The number of allylic oxidation sites excluding steroid dienone is 10. The second-order valence-electron chi connectivity index (χ2n) is 3.91. The Morgan fingerprint density at radius 3 is 2.69 bits per heavy atom. The molecule has 0 saturated carbocycles. The van der Waals surface area contributed by atoms with E-state index in [0.717, 1.165) is 12.8 Å². The second kappa shape index (κ2) is 6.12. The smallest absolute Gasteiger partial charge is 0.0152 e. The van der Waals surface area contributed by atoms with Gasteiger partial charge < -0.3 is 0 Å². The lowest BCUT2D eigenvalue weighted by Gasteiger charge is -2.18. The van der Waals surface area contributed by atoms with E-state index in [1.807, 2.05) is 25.2 Å². The van der Waals surface area contributed by atoms with E-state index in [1.54, 1.807) is 0 Å². The second-order valence-corrected chi connectivity index (χ2v) is 3.91. The van der Waals surface area contributed by atoms with Crippen molar-refractivity contribution in [3.8, 4) is 0 Å². The summed E-state index contributed by atoms with van der Waals surface area (Å²) in [5.41, 5.74) is 5.20. The topological polar surface area (TPSA) is 0 Å². The highest BCUT2D eigenvalue weighted by atomic mass is 14.2. The molecule has 0 fully saturated rings. The minimum atomic E-state index is 1.12. The Balaban J connectivity index is 3.20. The summed E-state index contributed by atoms with van der Waals surface area (Å²) >= 11 is 0. The highest BCUT2D eigenvalue weighted by Gasteiger charge is 2.12. The minimum Gasteiger partial charge on any atom is -0.0990 e. The van der Waals surface area contributed by atoms with Crippen LogP contribution in [0.2, 0.25) is 0 Å². The van der Waals surface area contributed by atoms with Gasteiger partial charge in [-0.15, -0.1) is 0 Å². The maximum absolute atomic E-state index is 3.91. The van der Waals surface area contributed by atoms with Crippen LogP contribution in [0.4, 0.5) is 0 Å². The van der Waals surface area contributed by atoms with Gasteiger partial charge in [0, 0.05) is 0 Å². The van der Waals surface area contributed by atoms with Gasteiger partial charge in [0.2, 0.25) is 0 Å². The first kappa shape index (κ1) is 12.5. The number of hydrogen-bond acceptors (Lipinski definition) is 0. The largest absolute Gasteiger partial charge is 0.0990 e. The Kier molecular flexibility index (Phi) is 4.78. The molecule has 0 spiro atoms. The third-order valence-electron chi connectivity index (χ3n) is 2.78. The predicted octanol–water partition coefficient (Wildman–Crippen LogP) is 4.90. The molecule has 0 radical (unpaired) electrons. The van der Waals surface area contributed by atoms with Crippen LogP contribution >= 0.6 is 0 Å². The van der Waals surface area contributed by atoms with Crippen molar-refractivity contribution in [3.05, 3.63) is 71.9 Å². The van der Waals surface area contributed by atoms with Gasteiger partial charge in [-0.25, -0.2) is 0 Å². The lowest BCUT2D eigenvalue weighted by Crippen LogP contribution is -1.99. The monoisotopic (exact) mass is 212 g/mol. The molecule has 0 N–H and O–H groups in total.